The average molecular weight is 179 g/mol. The Morgan fingerprint density at radius 3 is 3.00 bits per heavy atom. The third-order valence-electron chi connectivity index (χ3n) is 1.85. The Morgan fingerprint density at radius 2 is 2.25 bits per heavy atom. The SMILES string of the molecule is COc1cccc2snc(C)c12. The van der Waals surface area contributed by atoms with Crippen molar-refractivity contribution in [2.45, 2.75) is 6.92 Å². The van der Waals surface area contributed by atoms with Crippen LogP contribution in [0.3, 0.4) is 0 Å². The highest BCUT2D eigenvalue weighted by Crippen LogP contribution is 2.30. The van der Waals surface area contributed by atoms with Gasteiger partial charge in [-0.1, -0.05) is 6.07 Å². The summed E-state index contributed by atoms with van der Waals surface area (Å²) in [6, 6.07) is 6.00. The minimum atomic E-state index is 0.916. The van der Waals surface area contributed by atoms with Gasteiger partial charge in [0.2, 0.25) is 0 Å². The molecule has 0 aliphatic rings. The van der Waals surface area contributed by atoms with E-state index in [0.717, 1.165) is 16.8 Å². The van der Waals surface area contributed by atoms with Gasteiger partial charge in [-0.15, -0.1) is 0 Å². The lowest BCUT2D eigenvalue weighted by Gasteiger charge is -2.00. The first-order valence-corrected chi connectivity index (χ1v) is 4.49. The second kappa shape index (κ2) is 2.75. The van der Waals surface area contributed by atoms with Crippen molar-refractivity contribution in [3.63, 3.8) is 0 Å². The zero-order chi connectivity index (χ0) is 8.55. The van der Waals surface area contributed by atoms with Gasteiger partial charge in [-0.2, -0.15) is 4.37 Å². The predicted octanol–water partition coefficient (Wildman–Crippen LogP) is 2.61. The first-order chi connectivity index (χ1) is 5.83. The lowest BCUT2D eigenvalue weighted by molar-refractivity contribution is 0.419. The molecule has 0 atom stereocenters. The number of rotatable bonds is 1. The van der Waals surface area contributed by atoms with E-state index in [-0.39, 0.29) is 0 Å². The smallest absolute Gasteiger partial charge is 0.129 e. The van der Waals surface area contributed by atoms with Gasteiger partial charge in [-0.25, -0.2) is 0 Å². The van der Waals surface area contributed by atoms with Crippen LogP contribution in [0.4, 0.5) is 0 Å². The van der Waals surface area contributed by atoms with Crippen molar-refractivity contribution >= 4 is 21.6 Å². The van der Waals surface area contributed by atoms with Gasteiger partial charge in [0.05, 0.1) is 22.9 Å². The molecule has 0 aliphatic heterocycles. The molecular formula is C9H9NOS. The monoisotopic (exact) mass is 179 g/mol. The normalized spacial score (nSPS) is 10.5. The molecule has 2 nitrogen and oxygen atoms in total. The first-order valence-electron chi connectivity index (χ1n) is 3.72. The van der Waals surface area contributed by atoms with Crippen molar-refractivity contribution < 1.29 is 4.74 Å². The fourth-order valence-corrected chi connectivity index (χ4v) is 2.08. The van der Waals surface area contributed by atoms with E-state index in [2.05, 4.69) is 10.4 Å². The van der Waals surface area contributed by atoms with E-state index in [0.29, 0.717) is 0 Å². The Balaban J connectivity index is 2.84. The maximum Gasteiger partial charge on any atom is 0.129 e. The van der Waals surface area contributed by atoms with E-state index < -0.39 is 0 Å². The lowest BCUT2D eigenvalue weighted by Crippen LogP contribution is -1.83. The van der Waals surface area contributed by atoms with Crippen LogP contribution >= 0.6 is 11.5 Å². The summed E-state index contributed by atoms with van der Waals surface area (Å²) in [5.74, 6) is 0.916. The van der Waals surface area contributed by atoms with Crippen molar-refractivity contribution in [1.29, 1.82) is 0 Å². The minimum Gasteiger partial charge on any atom is -0.496 e. The Bertz CT molecular complexity index is 408. The van der Waals surface area contributed by atoms with Gasteiger partial charge in [0, 0.05) is 0 Å². The summed E-state index contributed by atoms with van der Waals surface area (Å²) in [7, 11) is 1.69. The molecule has 0 unspecified atom stereocenters. The zero-order valence-electron chi connectivity index (χ0n) is 7.00. The van der Waals surface area contributed by atoms with E-state index in [1.165, 1.54) is 16.2 Å². The molecule has 0 N–H and O–H groups in total. The number of fused-ring (bicyclic) bond motifs is 1. The predicted molar refractivity (Wildman–Crippen MR) is 50.9 cm³/mol. The fourth-order valence-electron chi connectivity index (χ4n) is 1.28. The summed E-state index contributed by atoms with van der Waals surface area (Å²) < 4.78 is 10.7. The Labute approximate surface area is 75.0 Å². The Hall–Kier alpha value is -1.09. The number of benzene rings is 1. The maximum atomic E-state index is 5.23. The molecule has 0 saturated carbocycles. The largest absolute Gasteiger partial charge is 0.496 e. The molecule has 12 heavy (non-hydrogen) atoms. The molecule has 0 spiro atoms. The zero-order valence-corrected chi connectivity index (χ0v) is 7.81. The van der Waals surface area contributed by atoms with E-state index in [9.17, 15) is 0 Å². The van der Waals surface area contributed by atoms with Crippen LogP contribution in [0.1, 0.15) is 5.69 Å². The van der Waals surface area contributed by atoms with E-state index in [1.807, 2.05) is 19.1 Å². The highest BCUT2D eigenvalue weighted by molar-refractivity contribution is 7.13. The molecule has 0 bridgehead atoms. The third kappa shape index (κ3) is 0.975. The fraction of sp³-hybridized carbons (Fsp3) is 0.222. The van der Waals surface area contributed by atoms with Crippen LogP contribution in [-0.2, 0) is 0 Å². The van der Waals surface area contributed by atoms with Gasteiger partial charge in [-0.05, 0) is 30.6 Å². The van der Waals surface area contributed by atoms with Crippen LogP contribution in [0, 0.1) is 6.92 Å². The van der Waals surface area contributed by atoms with Crippen LogP contribution in [-0.4, -0.2) is 11.5 Å². The summed E-state index contributed by atoms with van der Waals surface area (Å²) in [6.45, 7) is 2.00. The molecule has 0 amide bonds. The molecule has 3 heteroatoms. The molecule has 1 aromatic carbocycles. The number of hydrogen-bond donors (Lipinski definition) is 0. The summed E-state index contributed by atoms with van der Waals surface area (Å²) in [4.78, 5) is 0. The van der Waals surface area contributed by atoms with Crippen molar-refractivity contribution in [2.75, 3.05) is 7.11 Å². The molecule has 62 valence electrons. The number of hydrogen-bond acceptors (Lipinski definition) is 3. The van der Waals surface area contributed by atoms with Crippen molar-refractivity contribution in [2.24, 2.45) is 0 Å². The Morgan fingerprint density at radius 1 is 1.42 bits per heavy atom. The summed E-state index contributed by atoms with van der Waals surface area (Å²) >= 11 is 1.51. The molecule has 1 aromatic heterocycles. The average Bonchev–Trinajstić information content (AvgIpc) is 2.48. The van der Waals surface area contributed by atoms with Crippen LogP contribution in [0.15, 0.2) is 18.2 Å². The molecule has 2 rings (SSSR count). The van der Waals surface area contributed by atoms with Gasteiger partial charge in [0.15, 0.2) is 0 Å². The van der Waals surface area contributed by atoms with E-state index in [1.54, 1.807) is 7.11 Å². The van der Waals surface area contributed by atoms with Crippen LogP contribution in [0.2, 0.25) is 0 Å². The summed E-state index contributed by atoms with van der Waals surface area (Å²) in [5, 5.41) is 1.14. The highest BCUT2D eigenvalue weighted by atomic mass is 32.1. The summed E-state index contributed by atoms with van der Waals surface area (Å²) in [5.41, 5.74) is 1.05. The molecule has 0 fully saturated rings. The second-order valence-electron chi connectivity index (χ2n) is 2.60. The third-order valence-corrected chi connectivity index (χ3v) is 2.75. The minimum absolute atomic E-state index is 0.916. The first kappa shape index (κ1) is 7.55. The van der Waals surface area contributed by atoms with E-state index >= 15 is 0 Å². The summed E-state index contributed by atoms with van der Waals surface area (Å²) in [6.07, 6.45) is 0. The highest BCUT2D eigenvalue weighted by Gasteiger charge is 2.06. The van der Waals surface area contributed by atoms with Crippen LogP contribution in [0.25, 0.3) is 10.1 Å². The lowest BCUT2D eigenvalue weighted by atomic mass is 10.2. The van der Waals surface area contributed by atoms with Crippen LogP contribution in [0.5, 0.6) is 5.75 Å². The van der Waals surface area contributed by atoms with Crippen molar-refractivity contribution in [3.8, 4) is 5.75 Å². The Kier molecular flexibility index (Phi) is 1.73. The number of methoxy groups -OCH3 is 1. The molecule has 0 aliphatic carbocycles. The molecule has 2 aromatic rings. The molecular weight excluding hydrogens is 170 g/mol. The van der Waals surface area contributed by atoms with Gasteiger partial charge in [0.25, 0.3) is 0 Å². The quantitative estimate of drug-likeness (QED) is 0.671. The van der Waals surface area contributed by atoms with Crippen molar-refractivity contribution in [3.05, 3.63) is 23.9 Å². The number of aryl methyl sites for hydroxylation is 1. The number of ether oxygens (including phenoxy) is 1. The molecule has 0 radical (unpaired) electrons. The van der Waals surface area contributed by atoms with Gasteiger partial charge in [-0.3, -0.25) is 0 Å². The maximum absolute atomic E-state index is 5.23. The number of aromatic nitrogens is 1. The van der Waals surface area contributed by atoms with Crippen LogP contribution < -0.4 is 4.74 Å². The van der Waals surface area contributed by atoms with Gasteiger partial charge < -0.3 is 4.74 Å². The topological polar surface area (TPSA) is 22.1 Å². The van der Waals surface area contributed by atoms with Gasteiger partial charge >= 0.3 is 0 Å². The number of nitrogens with zero attached hydrogens (tertiary/aromatic N) is 1. The second-order valence-corrected chi connectivity index (χ2v) is 3.41. The van der Waals surface area contributed by atoms with E-state index in [4.69, 9.17) is 4.74 Å². The van der Waals surface area contributed by atoms with Gasteiger partial charge in [0.1, 0.15) is 5.75 Å². The van der Waals surface area contributed by atoms with Crippen molar-refractivity contribution in [1.82, 2.24) is 4.37 Å². The molecule has 1 heterocycles. The molecule has 0 saturated heterocycles. The standard InChI is InChI=1S/C9H9NOS/c1-6-9-7(11-2)4-3-5-8(9)12-10-6/h3-5H,1-2H3.